The second-order valence-electron chi connectivity index (χ2n) is 7.50. The smallest absolute Gasteiger partial charge is 0.178 e. The highest BCUT2D eigenvalue weighted by Crippen LogP contribution is 2.37. The SMILES string of the molecule is Cc1nc(-c2cn3c(n2)-c2ccc(C4COC4)cc2OCC3)n(C(C)C)n1. The minimum atomic E-state index is 0.227. The largest absolute Gasteiger partial charge is 0.491 e. The molecule has 1 saturated heterocycles. The number of aryl methyl sites for hydroxylation is 1. The molecule has 0 N–H and O–H groups in total. The molecule has 27 heavy (non-hydrogen) atoms. The molecule has 7 heteroatoms. The van der Waals surface area contributed by atoms with Crippen LogP contribution in [0.3, 0.4) is 0 Å². The molecule has 0 atom stereocenters. The van der Waals surface area contributed by atoms with Gasteiger partial charge in [-0.05, 0) is 38.5 Å². The summed E-state index contributed by atoms with van der Waals surface area (Å²) in [7, 11) is 0. The van der Waals surface area contributed by atoms with Gasteiger partial charge in [0.05, 0.1) is 25.3 Å². The van der Waals surface area contributed by atoms with Gasteiger partial charge >= 0.3 is 0 Å². The summed E-state index contributed by atoms with van der Waals surface area (Å²) >= 11 is 0. The molecule has 0 saturated carbocycles. The third-order valence-electron chi connectivity index (χ3n) is 5.18. The molecular weight excluding hydrogens is 342 g/mol. The van der Waals surface area contributed by atoms with Gasteiger partial charge in [-0.15, -0.1) is 0 Å². The van der Waals surface area contributed by atoms with E-state index in [9.17, 15) is 0 Å². The molecule has 2 aliphatic rings. The van der Waals surface area contributed by atoms with Crippen LogP contribution in [0.25, 0.3) is 22.9 Å². The molecule has 7 nitrogen and oxygen atoms in total. The lowest BCUT2D eigenvalue weighted by atomic mass is 9.96. The molecule has 5 rings (SSSR count). The van der Waals surface area contributed by atoms with Crippen LogP contribution in [-0.2, 0) is 11.3 Å². The molecule has 0 spiro atoms. The van der Waals surface area contributed by atoms with Gasteiger partial charge in [0.25, 0.3) is 0 Å². The van der Waals surface area contributed by atoms with Gasteiger partial charge in [-0.3, -0.25) is 0 Å². The molecule has 0 bridgehead atoms. The summed E-state index contributed by atoms with van der Waals surface area (Å²) in [6, 6.07) is 6.66. The molecular formula is C20H23N5O2. The van der Waals surface area contributed by atoms with Gasteiger partial charge in [0.2, 0.25) is 0 Å². The Morgan fingerprint density at radius 1 is 1.15 bits per heavy atom. The van der Waals surface area contributed by atoms with E-state index >= 15 is 0 Å². The maximum absolute atomic E-state index is 6.03. The molecule has 1 fully saturated rings. The summed E-state index contributed by atoms with van der Waals surface area (Å²) in [5.74, 6) is 3.87. The lowest BCUT2D eigenvalue weighted by molar-refractivity contribution is 0.00835. The number of hydrogen-bond donors (Lipinski definition) is 0. The third-order valence-corrected chi connectivity index (χ3v) is 5.18. The van der Waals surface area contributed by atoms with Crippen LogP contribution in [-0.4, -0.2) is 44.1 Å². The van der Waals surface area contributed by atoms with Gasteiger partial charge in [-0.2, -0.15) is 5.10 Å². The van der Waals surface area contributed by atoms with E-state index in [0.717, 1.165) is 54.2 Å². The zero-order valence-electron chi connectivity index (χ0n) is 15.8. The van der Waals surface area contributed by atoms with E-state index in [4.69, 9.17) is 14.5 Å². The Morgan fingerprint density at radius 2 is 2.00 bits per heavy atom. The minimum absolute atomic E-state index is 0.227. The summed E-state index contributed by atoms with van der Waals surface area (Å²) in [4.78, 5) is 9.53. The number of nitrogens with zero attached hydrogens (tertiary/aromatic N) is 5. The number of fused-ring (bicyclic) bond motifs is 3. The summed E-state index contributed by atoms with van der Waals surface area (Å²) in [5.41, 5.74) is 3.15. The molecule has 3 aromatic rings. The molecule has 0 aliphatic carbocycles. The van der Waals surface area contributed by atoms with Crippen molar-refractivity contribution in [3.8, 4) is 28.7 Å². The average molecular weight is 365 g/mol. The van der Waals surface area contributed by atoms with E-state index in [2.05, 4.69) is 52.9 Å². The van der Waals surface area contributed by atoms with Crippen LogP contribution in [0.1, 0.15) is 37.2 Å². The molecule has 0 amide bonds. The standard InChI is InChI=1S/C20H23N5O2/c1-12(2)25-20(21-13(3)23-25)17-9-24-6-7-27-18-8-14(15-10-26-11-15)4-5-16(18)19(24)22-17/h4-5,8-9,12,15H,6-7,10-11H2,1-3H3. The van der Waals surface area contributed by atoms with Crippen LogP contribution in [0, 0.1) is 6.92 Å². The molecule has 0 unspecified atom stereocenters. The Hall–Kier alpha value is -2.67. The summed E-state index contributed by atoms with van der Waals surface area (Å²) in [5, 5.41) is 4.52. The van der Waals surface area contributed by atoms with Gasteiger partial charge in [-0.25, -0.2) is 14.6 Å². The van der Waals surface area contributed by atoms with Crippen molar-refractivity contribution in [1.29, 1.82) is 0 Å². The summed E-state index contributed by atoms with van der Waals surface area (Å²) in [6.07, 6.45) is 2.06. The van der Waals surface area contributed by atoms with Gasteiger partial charge in [-0.1, -0.05) is 6.07 Å². The van der Waals surface area contributed by atoms with Gasteiger partial charge in [0.1, 0.15) is 29.7 Å². The van der Waals surface area contributed by atoms with E-state index in [0.29, 0.717) is 12.5 Å². The van der Waals surface area contributed by atoms with Crippen molar-refractivity contribution >= 4 is 0 Å². The quantitative estimate of drug-likeness (QED) is 0.713. The number of benzene rings is 1. The van der Waals surface area contributed by atoms with Gasteiger partial charge < -0.3 is 14.0 Å². The zero-order chi connectivity index (χ0) is 18.5. The minimum Gasteiger partial charge on any atom is -0.491 e. The van der Waals surface area contributed by atoms with E-state index in [1.807, 2.05) is 11.6 Å². The number of rotatable bonds is 3. The molecule has 2 aromatic heterocycles. The number of ether oxygens (including phenoxy) is 2. The molecule has 2 aliphatic heterocycles. The molecule has 1 aromatic carbocycles. The van der Waals surface area contributed by atoms with E-state index in [-0.39, 0.29) is 6.04 Å². The van der Waals surface area contributed by atoms with Crippen molar-refractivity contribution in [3.63, 3.8) is 0 Å². The van der Waals surface area contributed by atoms with Crippen molar-refractivity contribution in [2.75, 3.05) is 19.8 Å². The second-order valence-corrected chi connectivity index (χ2v) is 7.50. The topological polar surface area (TPSA) is 67.0 Å². The van der Waals surface area contributed by atoms with Crippen LogP contribution in [0.4, 0.5) is 0 Å². The van der Waals surface area contributed by atoms with E-state index in [1.165, 1.54) is 5.56 Å². The first-order chi connectivity index (χ1) is 13.1. The highest BCUT2D eigenvalue weighted by Gasteiger charge is 2.25. The Kier molecular flexibility index (Phi) is 3.79. The Balaban J connectivity index is 1.59. The van der Waals surface area contributed by atoms with Crippen LogP contribution in [0.2, 0.25) is 0 Å². The van der Waals surface area contributed by atoms with Crippen molar-refractivity contribution in [2.24, 2.45) is 0 Å². The van der Waals surface area contributed by atoms with Crippen LogP contribution in [0.5, 0.6) is 5.75 Å². The Bertz CT molecular complexity index is 1000. The van der Waals surface area contributed by atoms with Gasteiger partial charge in [0.15, 0.2) is 5.82 Å². The van der Waals surface area contributed by atoms with E-state index in [1.54, 1.807) is 0 Å². The normalized spacial score (nSPS) is 16.4. The fourth-order valence-electron chi connectivity index (χ4n) is 3.65. The highest BCUT2D eigenvalue weighted by molar-refractivity contribution is 5.69. The fraction of sp³-hybridized carbons (Fsp3) is 0.450. The van der Waals surface area contributed by atoms with Crippen LogP contribution in [0.15, 0.2) is 24.4 Å². The molecule has 0 radical (unpaired) electrons. The maximum Gasteiger partial charge on any atom is 0.178 e. The lowest BCUT2D eigenvalue weighted by Gasteiger charge is -2.26. The highest BCUT2D eigenvalue weighted by atomic mass is 16.5. The van der Waals surface area contributed by atoms with Crippen LogP contribution < -0.4 is 4.74 Å². The summed E-state index contributed by atoms with van der Waals surface area (Å²) in [6.45, 7) is 9.09. The summed E-state index contributed by atoms with van der Waals surface area (Å²) < 4.78 is 15.4. The lowest BCUT2D eigenvalue weighted by Crippen LogP contribution is -2.25. The molecule has 140 valence electrons. The fourth-order valence-corrected chi connectivity index (χ4v) is 3.65. The Morgan fingerprint density at radius 3 is 2.74 bits per heavy atom. The second kappa shape index (κ2) is 6.20. The number of aromatic nitrogens is 5. The Labute approximate surface area is 158 Å². The van der Waals surface area contributed by atoms with Crippen molar-refractivity contribution in [2.45, 2.75) is 39.3 Å². The van der Waals surface area contributed by atoms with Gasteiger partial charge in [0, 0.05) is 18.2 Å². The first-order valence-electron chi connectivity index (χ1n) is 9.45. The third kappa shape index (κ3) is 2.73. The molecule has 4 heterocycles. The van der Waals surface area contributed by atoms with Crippen molar-refractivity contribution in [3.05, 3.63) is 35.8 Å². The zero-order valence-corrected chi connectivity index (χ0v) is 15.8. The number of imidazole rings is 1. The van der Waals surface area contributed by atoms with Crippen LogP contribution >= 0.6 is 0 Å². The first kappa shape index (κ1) is 16.5. The predicted molar refractivity (Wildman–Crippen MR) is 101 cm³/mol. The maximum atomic E-state index is 6.03. The number of hydrogen-bond acceptors (Lipinski definition) is 5. The van der Waals surface area contributed by atoms with E-state index < -0.39 is 0 Å². The average Bonchev–Trinajstić information content (AvgIpc) is 3.13. The van der Waals surface area contributed by atoms with Crippen molar-refractivity contribution in [1.82, 2.24) is 24.3 Å². The van der Waals surface area contributed by atoms with Crippen molar-refractivity contribution < 1.29 is 9.47 Å². The predicted octanol–water partition coefficient (Wildman–Crippen LogP) is 3.20. The first-order valence-corrected chi connectivity index (χ1v) is 9.45. The monoisotopic (exact) mass is 365 g/mol.